The number of anilines is 3. The number of carbonyl (C=O) groups excluding carboxylic acids is 1. The van der Waals surface area contributed by atoms with Crippen molar-refractivity contribution in [2.24, 2.45) is 0 Å². The van der Waals surface area contributed by atoms with Gasteiger partial charge < -0.3 is 15.2 Å². The Morgan fingerprint density at radius 3 is 3.00 bits per heavy atom. The minimum absolute atomic E-state index is 0.275. The SMILES string of the molecule is C#CCn1cnc2cnc(Nc3cccc(NC(=O)C=C)c3)nc21. The van der Waals surface area contributed by atoms with E-state index in [1.807, 2.05) is 12.1 Å². The number of nitrogens with zero attached hydrogens (tertiary/aromatic N) is 4. The summed E-state index contributed by atoms with van der Waals surface area (Å²) in [6.07, 6.45) is 9.81. The number of nitrogens with one attached hydrogen (secondary N) is 2. The molecule has 0 saturated carbocycles. The molecule has 2 aromatic heterocycles. The number of imidazole rings is 1. The average Bonchev–Trinajstić information content (AvgIpc) is 2.98. The number of hydrogen-bond donors (Lipinski definition) is 2. The predicted molar refractivity (Wildman–Crippen MR) is 92.7 cm³/mol. The van der Waals surface area contributed by atoms with Crippen LogP contribution < -0.4 is 10.6 Å². The maximum absolute atomic E-state index is 11.4. The van der Waals surface area contributed by atoms with E-state index in [0.717, 1.165) is 5.69 Å². The molecule has 3 rings (SSSR count). The van der Waals surface area contributed by atoms with E-state index in [9.17, 15) is 4.79 Å². The minimum Gasteiger partial charge on any atom is -0.324 e. The van der Waals surface area contributed by atoms with Crippen molar-refractivity contribution in [1.29, 1.82) is 0 Å². The fourth-order valence-corrected chi connectivity index (χ4v) is 2.13. The normalized spacial score (nSPS) is 10.1. The molecule has 2 N–H and O–H groups in total. The van der Waals surface area contributed by atoms with Gasteiger partial charge in [0.2, 0.25) is 11.9 Å². The van der Waals surface area contributed by atoms with Crippen LogP contribution >= 0.6 is 0 Å². The fourth-order valence-electron chi connectivity index (χ4n) is 2.13. The van der Waals surface area contributed by atoms with Gasteiger partial charge in [0.25, 0.3) is 0 Å². The number of rotatable bonds is 5. The van der Waals surface area contributed by atoms with Gasteiger partial charge in [0.05, 0.1) is 19.1 Å². The Morgan fingerprint density at radius 1 is 1.38 bits per heavy atom. The number of fused-ring (bicyclic) bond motifs is 1. The monoisotopic (exact) mass is 318 g/mol. The maximum atomic E-state index is 11.4. The Labute approximate surface area is 138 Å². The zero-order valence-corrected chi connectivity index (χ0v) is 12.7. The number of benzene rings is 1. The molecule has 1 amide bonds. The summed E-state index contributed by atoms with van der Waals surface area (Å²) in [5.41, 5.74) is 2.70. The van der Waals surface area contributed by atoms with Crippen LogP contribution in [0.3, 0.4) is 0 Å². The van der Waals surface area contributed by atoms with Crippen molar-refractivity contribution in [2.75, 3.05) is 10.6 Å². The molecule has 0 radical (unpaired) electrons. The second-order valence-corrected chi connectivity index (χ2v) is 4.88. The van der Waals surface area contributed by atoms with E-state index in [1.54, 1.807) is 29.2 Å². The van der Waals surface area contributed by atoms with Gasteiger partial charge in [-0.2, -0.15) is 4.98 Å². The molecule has 0 aliphatic carbocycles. The highest BCUT2D eigenvalue weighted by Gasteiger charge is 2.07. The van der Waals surface area contributed by atoms with Crippen molar-refractivity contribution < 1.29 is 4.79 Å². The van der Waals surface area contributed by atoms with E-state index < -0.39 is 0 Å². The largest absolute Gasteiger partial charge is 0.324 e. The third kappa shape index (κ3) is 3.23. The summed E-state index contributed by atoms with van der Waals surface area (Å²) in [6.45, 7) is 3.81. The Kier molecular flexibility index (Phi) is 4.21. The highest BCUT2D eigenvalue weighted by atomic mass is 16.1. The van der Waals surface area contributed by atoms with Gasteiger partial charge in [-0.3, -0.25) is 4.79 Å². The summed E-state index contributed by atoms with van der Waals surface area (Å²) in [5, 5.41) is 5.79. The highest BCUT2D eigenvalue weighted by Crippen LogP contribution is 2.19. The lowest BCUT2D eigenvalue weighted by molar-refractivity contribution is -0.111. The smallest absolute Gasteiger partial charge is 0.247 e. The molecule has 118 valence electrons. The number of terminal acetylenes is 1. The summed E-state index contributed by atoms with van der Waals surface area (Å²) in [4.78, 5) is 24.2. The van der Waals surface area contributed by atoms with Gasteiger partial charge in [0.1, 0.15) is 5.52 Å². The standard InChI is InChI=1S/C17H14N6O/c1-3-8-23-11-19-14-10-18-17(22-16(14)23)21-13-7-5-6-12(9-13)20-15(24)4-2/h1,4-7,9-11H,2,8H2,(H,20,24)(H,18,21,22). The number of amides is 1. The minimum atomic E-state index is -0.275. The number of hydrogen-bond acceptors (Lipinski definition) is 5. The molecule has 0 saturated heterocycles. The van der Waals surface area contributed by atoms with Gasteiger partial charge in [0.15, 0.2) is 5.65 Å². The summed E-state index contributed by atoms with van der Waals surface area (Å²) in [5.74, 6) is 2.69. The Bertz CT molecular complexity index is 953. The van der Waals surface area contributed by atoms with Gasteiger partial charge in [-0.15, -0.1) is 6.42 Å². The summed E-state index contributed by atoms with van der Waals surface area (Å²) < 4.78 is 1.77. The third-order valence-corrected chi connectivity index (χ3v) is 3.19. The van der Waals surface area contributed by atoms with E-state index >= 15 is 0 Å². The van der Waals surface area contributed by atoms with E-state index in [0.29, 0.717) is 29.3 Å². The van der Waals surface area contributed by atoms with Gasteiger partial charge in [0, 0.05) is 11.4 Å². The Morgan fingerprint density at radius 2 is 2.21 bits per heavy atom. The average molecular weight is 318 g/mol. The number of aromatic nitrogens is 4. The molecular weight excluding hydrogens is 304 g/mol. The van der Waals surface area contributed by atoms with Crippen LogP contribution in [-0.2, 0) is 11.3 Å². The zero-order valence-electron chi connectivity index (χ0n) is 12.7. The van der Waals surface area contributed by atoms with Crippen molar-refractivity contribution >= 4 is 34.4 Å². The van der Waals surface area contributed by atoms with E-state index in [2.05, 4.69) is 38.1 Å². The molecule has 24 heavy (non-hydrogen) atoms. The molecule has 7 nitrogen and oxygen atoms in total. The van der Waals surface area contributed by atoms with Crippen LogP contribution in [0.4, 0.5) is 17.3 Å². The van der Waals surface area contributed by atoms with Crippen LogP contribution in [0.15, 0.2) is 49.4 Å². The van der Waals surface area contributed by atoms with Crippen LogP contribution in [-0.4, -0.2) is 25.4 Å². The summed E-state index contributed by atoms with van der Waals surface area (Å²) in [7, 11) is 0. The van der Waals surface area contributed by atoms with Crippen molar-refractivity contribution in [3.63, 3.8) is 0 Å². The second-order valence-electron chi connectivity index (χ2n) is 4.88. The lowest BCUT2D eigenvalue weighted by Gasteiger charge is -2.08. The first-order valence-corrected chi connectivity index (χ1v) is 7.11. The van der Waals surface area contributed by atoms with Crippen molar-refractivity contribution in [3.05, 3.63) is 49.4 Å². The molecule has 0 atom stereocenters. The molecule has 0 spiro atoms. The maximum Gasteiger partial charge on any atom is 0.247 e. The third-order valence-electron chi connectivity index (χ3n) is 3.19. The Balaban J connectivity index is 1.85. The van der Waals surface area contributed by atoms with Crippen LogP contribution in [0.5, 0.6) is 0 Å². The van der Waals surface area contributed by atoms with Crippen LogP contribution in [0.25, 0.3) is 11.2 Å². The molecule has 0 bridgehead atoms. The van der Waals surface area contributed by atoms with Gasteiger partial charge in [-0.1, -0.05) is 18.6 Å². The van der Waals surface area contributed by atoms with E-state index in [1.165, 1.54) is 6.08 Å². The molecule has 1 aromatic carbocycles. The molecule has 0 aliphatic rings. The van der Waals surface area contributed by atoms with Crippen LogP contribution in [0, 0.1) is 12.3 Å². The van der Waals surface area contributed by atoms with Gasteiger partial charge in [-0.05, 0) is 24.3 Å². The van der Waals surface area contributed by atoms with Gasteiger partial charge >= 0.3 is 0 Å². The quantitative estimate of drug-likeness (QED) is 0.557. The first kappa shape index (κ1) is 15.2. The zero-order chi connectivity index (χ0) is 16.9. The summed E-state index contributed by atoms with van der Waals surface area (Å²) in [6, 6.07) is 7.20. The van der Waals surface area contributed by atoms with E-state index in [-0.39, 0.29) is 5.91 Å². The van der Waals surface area contributed by atoms with Crippen molar-refractivity contribution in [2.45, 2.75) is 6.54 Å². The predicted octanol–water partition coefficient (Wildman–Crippen LogP) is 2.33. The highest BCUT2D eigenvalue weighted by molar-refractivity contribution is 5.99. The molecule has 3 aromatic rings. The fraction of sp³-hybridized carbons (Fsp3) is 0.0588. The number of carbonyl (C=O) groups is 1. The van der Waals surface area contributed by atoms with Crippen LogP contribution in [0.1, 0.15) is 0 Å². The second kappa shape index (κ2) is 6.62. The lowest BCUT2D eigenvalue weighted by Crippen LogP contribution is -2.07. The van der Waals surface area contributed by atoms with Crippen molar-refractivity contribution in [1.82, 2.24) is 19.5 Å². The molecule has 2 heterocycles. The van der Waals surface area contributed by atoms with Crippen LogP contribution in [0.2, 0.25) is 0 Å². The van der Waals surface area contributed by atoms with E-state index in [4.69, 9.17) is 6.42 Å². The molecular formula is C17H14N6O. The van der Waals surface area contributed by atoms with Crippen molar-refractivity contribution in [3.8, 4) is 12.3 Å². The van der Waals surface area contributed by atoms with Gasteiger partial charge in [-0.25, -0.2) is 9.97 Å². The molecule has 0 unspecified atom stereocenters. The first-order chi connectivity index (χ1) is 11.7. The molecule has 0 fully saturated rings. The molecule has 0 aliphatic heterocycles. The Hall–Kier alpha value is -3.66. The topological polar surface area (TPSA) is 84.7 Å². The first-order valence-electron chi connectivity index (χ1n) is 7.11. The molecule has 7 heteroatoms. The summed E-state index contributed by atoms with van der Waals surface area (Å²) >= 11 is 0. The lowest BCUT2D eigenvalue weighted by atomic mass is 10.2.